The number of nitrogens with one attached hydrogen (secondary N) is 2. The first-order valence-electron chi connectivity index (χ1n) is 7.38. The van der Waals surface area contributed by atoms with E-state index in [4.69, 9.17) is 23.2 Å². The molecule has 0 amide bonds. The molecule has 4 nitrogen and oxygen atoms in total. The van der Waals surface area contributed by atoms with Crippen LogP contribution in [-0.4, -0.2) is 24.5 Å². The van der Waals surface area contributed by atoms with E-state index in [0.717, 1.165) is 30.2 Å². The van der Waals surface area contributed by atoms with E-state index >= 15 is 0 Å². The van der Waals surface area contributed by atoms with Gasteiger partial charge in [0.25, 0.3) is 0 Å². The van der Waals surface area contributed by atoms with Crippen molar-refractivity contribution in [3.8, 4) is 0 Å². The maximum Gasteiger partial charge on any atom is 0.191 e. The Labute approximate surface area is 170 Å². The van der Waals surface area contributed by atoms with Gasteiger partial charge in [0.15, 0.2) is 5.96 Å². The fraction of sp³-hybridized carbons (Fsp3) is 0.294. The Morgan fingerprint density at radius 3 is 2.58 bits per heavy atom. The van der Waals surface area contributed by atoms with E-state index in [0.29, 0.717) is 16.6 Å². The standard InChI is InChI=1S/C17H20Cl2N4.HI/c1-12-3-4-13(10-22-12)7-8-21-17(20-2)23-11-14-5-6-15(18)9-16(14)19;/h3-6,9-10H,7-8,11H2,1-2H3,(H2,20,21,23);1H. The first-order chi connectivity index (χ1) is 11.1. The van der Waals surface area contributed by atoms with Crippen LogP contribution in [0.1, 0.15) is 16.8 Å². The Balaban J connectivity index is 0.00000288. The van der Waals surface area contributed by atoms with Crippen molar-refractivity contribution in [3.63, 3.8) is 0 Å². The summed E-state index contributed by atoms with van der Waals surface area (Å²) in [6.45, 7) is 3.34. The molecule has 24 heavy (non-hydrogen) atoms. The number of pyridine rings is 1. The molecule has 2 rings (SSSR count). The van der Waals surface area contributed by atoms with Crippen molar-refractivity contribution in [2.24, 2.45) is 4.99 Å². The van der Waals surface area contributed by atoms with E-state index in [9.17, 15) is 0 Å². The number of aryl methyl sites for hydroxylation is 1. The van der Waals surface area contributed by atoms with Crippen LogP contribution in [0.25, 0.3) is 0 Å². The third kappa shape index (κ3) is 6.83. The number of nitrogens with zero attached hydrogens (tertiary/aromatic N) is 2. The molecule has 1 aromatic carbocycles. The second kappa shape index (κ2) is 10.7. The molecule has 0 saturated heterocycles. The van der Waals surface area contributed by atoms with Crippen molar-refractivity contribution in [3.05, 3.63) is 63.4 Å². The first-order valence-corrected chi connectivity index (χ1v) is 8.14. The highest BCUT2D eigenvalue weighted by Crippen LogP contribution is 2.20. The molecule has 2 aromatic rings. The number of aliphatic imine (C=N–C) groups is 1. The van der Waals surface area contributed by atoms with Gasteiger partial charge in [0, 0.05) is 42.1 Å². The number of hydrogen-bond donors (Lipinski definition) is 2. The normalized spacial score (nSPS) is 10.9. The smallest absolute Gasteiger partial charge is 0.191 e. The lowest BCUT2D eigenvalue weighted by Crippen LogP contribution is -2.37. The van der Waals surface area contributed by atoms with E-state index in [2.05, 4.69) is 26.7 Å². The zero-order valence-electron chi connectivity index (χ0n) is 13.6. The largest absolute Gasteiger partial charge is 0.356 e. The molecule has 0 aliphatic carbocycles. The van der Waals surface area contributed by atoms with Crippen molar-refractivity contribution in [1.29, 1.82) is 0 Å². The van der Waals surface area contributed by atoms with Gasteiger partial charge in [-0.2, -0.15) is 0 Å². The molecule has 7 heteroatoms. The molecule has 0 saturated carbocycles. The maximum atomic E-state index is 6.16. The quantitative estimate of drug-likeness (QED) is 0.384. The van der Waals surface area contributed by atoms with E-state index in [1.165, 1.54) is 5.56 Å². The van der Waals surface area contributed by atoms with Crippen LogP contribution in [0.15, 0.2) is 41.5 Å². The molecule has 130 valence electrons. The Bertz CT molecular complexity index is 675. The Kier molecular flexibility index (Phi) is 9.39. The van der Waals surface area contributed by atoms with Crippen molar-refractivity contribution in [1.82, 2.24) is 15.6 Å². The molecule has 1 heterocycles. The van der Waals surface area contributed by atoms with Crippen molar-refractivity contribution >= 4 is 53.1 Å². The van der Waals surface area contributed by atoms with Crippen LogP contribution in [0.5, 0.6) is 0 Å². The summed E-state index contributed by atoms with van der Waals surface area (Å²) in [7, 11) is 1.74. The second-order valence-electron chi connectivity index (χ2n) is 5.15. The fourth-order valence-electron chi connectivity index (χ4n) is 2.04. The van der Waals surface area contributed by atoms with Crippen LogP contribution in [0.3, 0.4) is 0 Å². The van der Waals surface area contributed by atoms with Gasteiger partial charge in [-0.25, -0.2) is 0 Å². The molecule has 0 bridgehead atoms. The first kappa shape index (κ1) is 21.0. The highest BCUT2D eigenvalue weighted by atomic mass is 127. The van der Waals surface area contributed by atoms with Gasteiger partial charge in [-0.3, -0.25) is 9.98 Å². The minimum atomic E-state index is 0. The summed E-state index contributed by atoms with van der Waals surface area (Å²) in [4.78, 5) is 8.50. The van der Waals surface area contributed by atoms with Crippen molar-refractivity contribution in [2.45, 2.75) is 19.9 Å². The fourth-order valence-corrected chi connectivity index (χ4v) is 2.51. The number of aromatic nitrogens is 1. The zero-order valence-corrected chi connectivity index (χ0v) is 17.5. The van der Waals surface area contributed by atoms with Crippen molar-refractivity contribution < 1.29 is 0 Å². The van der Waals surface area contributed by atoms with E-state index < -0.39 is 0 Å². The summed E-state index contributed by atoms with van der Waals surface area (Å²) in [5, 5.41) is 7.79. The van der Waals surface area contributed by atoms with Crippen LogP contribution >= 0.6 is 47.2 Å². The summed E-state index contributed by atoms with van der Waals surface area (Å²) in [6.07, 6.45) is 2.79. The molecular weight excluding hydrogens is 458 g/mol. The zero-order chi connectivity index (χ0) is 16.7. The molecule has 0 fully saturated rings. The van der Waals surface area contributed by atoms with Gasteiger partial charge in [0.05, 0.1) is 0 Å². The van der Waals surface area contributed by atoms with Crippen LogP contribution in [-0.2, 0) is 13.0 Å². The molecule has 0 spiro atoms. The number of benzene rings is 1. The molecule has 0 aliphatic heterocycles. The molecule has 0 atom stereocenters. The number of halogens is 3. The molecular formula is C17H21Cl2IN4. The number of guanidine groups is 1. The van der Waals surface area contributed by atoms with Gasteiger partial charge in [0.2, 0.25) is 0 Å². The summed E-state index contributed by atoms with van der Waals surface area (Å²) < 4.78 is 0. The van der Waals surface area contributed by atoms with Crippen LogP contribution < -0.4 is 10.6 Å². The summed E-state index contributed by atoms with van der Waals surface area (Å²) in [5.74, 6) is 0.732. The summed E-state index contributed by atoms with van der Waals surface area (Å²) in [6, 6.07) is 9.58. The Hall–Kier alpha value is -1.05. The molecule has 0 radical (unpaired) electrons. The average Bonchev–Trinajstić information content (AvgIpc) is 2.54. The lowest BCUT2D eigenvalue weighted by Gasteiger charge is -2.13. The van der Waals surface area contributed by atoms with E-state index in [1.54, 1.807) is 13.1 Å². The predicted molar refractivity (Wildman–Crippen MR) is 113 cm³/mol. The molecule has 2 N–H and O–H groups in total. The summed E-state index contributed by atoms with van der Waals surface area (Å²) in [5.41, 5.74) is 3.19. The third-order valence-electron chi connectivity index (χ3n) is 3.36. The Morgan fingerprint density at radius 1 is 1.17 bits per heavy atom. The summed E-state index contributed by atoms with van der Waals surface area (Å²) >= 11 is 12.1. The molecule has 1 aromatic heterocycles. The van der Waals surface area contributed by atoms with Gasteiger partial charge in [0.1, 0.15) is 0 Å². The lowest BCUT2D eigenvalue weighted by atomic mass is 10.2. The van der Waals surface area contributed by atoms with E-state index in [-0.39, 0.29) is 24.0 Å². The van der Waals surface area contributed by atoms with Crippen molar-refractivity contribution in [2.75, 3.05) is 13.6 Å². The average molecular weight is 479 g/mol. The van der Waals surface area contributed by atoms with Gasteiger partial charge >= 0.3 is 0 Å². The monoisotopic (exact) mass is 478 g/mol. The highest BCUT2D eigenvalue weighted by Gasteiger charge is 2.03. The topological polar surface area (TPSA) is 49.3 Å². The maximum absolute atomic E-state index is 6.16. The van der Waals surface area contributed by atoms with Gasteiger partial charge in [-0.05, 0) is 42.7 Å². The number of rotatable bonds is 5. The van der Waals surface area contributed by atoms with E-state index in [1.807, 2.05) is 31.3 Å². The third-order valence-corrected chi connectivity index (χ3v) is 3.95. The lowest BCUT2D eigenvalue weighted by molar-refractivity contribution is 0.792. The van der Waals surface area contributed by atoms with Crippen LogP contribution in [0.2, 0.25) is 10.0 Å². The van der Waals surface area contributed by atoms with Gasteiger partial charge in [-0.15, -0.1) is 24.0 Å². The number of hydrogen-bond acceptors (Lipinski definition) is 2. The van der Waals surface area contributed by atoms with Gasteiger partial charge in [-0.1, -0.05) is 35.3 Å². The van der Waals surface area contributed by atoms with Crippen LogP contribution in [0, 0.1) is 6.92 Å². The highest BCUT2D eigenvalue weighted by molar-refractivity contribution is 14.0. The predicted octanol–water partition coefficient (Wildman–Crippen LogP) is 4.22. The molecule has 0 aliphatic rings. The molecule has 0 unspecified atom stereocenters. The SMILES string of the molecule is CN=C(NCCc1ccc(C)nc1)NCc1ccc(Cl)cc1Cl.I. The van der Waals surface area contributed by atoms with Gasteiger partial charge < -0.3 is 10.6 Å². The minimum absolute atomic E-state index is 0. The second-order valence-corrected chi connectivity index (χ2v) is 5.99. The minimum Gasteiger partial charge on any atom is -0.356 e. The Morgan fingerprint density at radius 2 is 1.96 bits per heavy atom. The van der Waals surface area contributed by atoms with Crippen LogP contribution in [0.4, 0.5) is 0 Å².